The first-order chi connectivity index (χ1) is 8.68. The number of carboxylic acid groups (broad SMARTS) is 1. The average molecular weight is 250 g/mol. The monoisotopic (exact) mass is 250 g/mol. The first kappa shape index (κ1) is 11.2. The summed E-state index contributed by atoms with van der Waals surface area (Å²) < 4.78 is 0. The van der Waals surface area contributed by atoms with Gasteiger partial charge in [-0.25, -0.2) is 9.78 Å². The topological polar surface area (TPSA) is 99.2 Å². The molecule has 0 aromatic carbocycles. The van der Waals surface area contributed by atoms with Crippen LogP contribution in [0.15, 0.2) is 6.33 Å². The van der Waals surface area contributed by atoms with Gasteiger partial charge >= 0.3 is 5.97 Å². The van der Waals surface area contributed by atoms with Crippen LogP contribution in [0.25, 0.3) is 0 Å². The Kier molecular flexibility index (Phi) is 2.53. The molecular formula is C11H14N4O3. The summed E-state index contributed by atoms with van der Waals surface area (Å²) in [6.07, 6.45) is 4.21. The van der Waals surface area contributed by atoms with Gasteiger partial charge in [-0.05, 0) is 24.7 Å². The van der Waals surface area contributed by atoms with Crippen LogP contribution in [0.2, 0.25) is 0 Å². The molecule has 2 N–H and O–H groups in total. The summed E-state index contributed by atoms with van der Waals surface area (Å²) in [5.41, 5.74) is 0. The number of hydrogen-bond donors (Lipinski definition) is 2. The summed E-state index contributed by atoms with van der Waals surface area (Å²) in [5, 5.41) is 15.5. The van der Waals surface area contributed by atoms with Crippen LogP contribution >= 0.6 is 0 Å². The fourth-order valence-electron chi connectivity index (χ4n) is 3.28. The zero-order valence-corrected chi connectivity index (χ0v) is 9.74. The summed E-state index contributed by atoms with van der Waals surface area (Å²) in [6, 6.07) is -0.713. The molecule has 7 nitrogen and oxygen atoms in total. The summed E-state index contributed by atoms with van der Waals surface area (Å²) in [5.74, 6) is -0.764. The lowest BCUT2D eigenvalue weighted by atomic mass is 9.94. The predicted octanol–water partition coefficient (Wildman–Crippen LogP) is 0.130. The molecule has 1 saturated carbocycles. The van der Waals surface area contributed by atoms with E-state index in [-0.39, 0.29) is 17.6 Å². The highest BCUT2D eigenvalue weighted by molar-refractivity contribution is 5.94. The lowest BCUT2D eigenvalue weighted by Gasteiger charge is -2.23. The van der Waals surface area contributed by atoms with Gasteiger partial charge in [-0.3, -0.25) is 9.89 Å². The molecule has 1 aromatic rings. The van der Waals surface area contributed by atoms with Crippen LogP contribution in [0.1, 0.15) is 29.9 Å². The van der Waals surface area contributed by atoms with E-state index in [1.54, 1.807) is 0 Å². The second-order valence-corrected chi connectivity index (χ2v) is 4.93. The Balaban J connectivity index is 1.87. The maximum absolute atomic E-state index is 12.2. The molecule has 2 aliphatic rings. The maximum Gasteiger partial charge on any atom is 0.326 e. The Morgan fingerprint density at radius 3 is 2.94 bits per heavy atom. The first-order valence-electron chi connectivity index (χ1n) is 6.07. The van der Waals surface area contributed by atoms with E-state index < -0.39 is 12.0 Å². The predicted molar refractivity (Wildman–Crippen MR) is 59.7 cm³/mol. The number of carbonyl (C=O) groups is 2. The highest BCUT2D eigenvalue weighted by Gasteiger charge is 2.50. The van der Waals surface area contributed by atoms with Gasteiger partial charge in [0.15, 0.2) is 0 Å². The Hall–Kier alpha value is -1.92. The van der Waals surface area contributed by atoms with Crippen LogP contribution < -0.4 is 0 Å². The quantitative estimate of drug-likeness (QED) is 0.777. The average Bonchev–Trinajstić information content (AvgIpc) is 3.03. The van der Waals surface area contributed by atoms with Crippen molar-refractivity contribution in [3.05, 3.63) is 12.2 Å². The molecule has 3 unspecified atom stereocenters. The fraction of sp³-hybridized carbons (Fsp3) is 0.636. The van der Waals surface area contributed by atoms with Crippen LogP contribution in [-0.4, -0.2) is 49.7 Å². The van der Waals surface area contributed by atoms with Gasteiger partial charge < -0.3 is 10.0 Å². The van der Waals surface area contributed by atoms with Crippen molar-refractivity contribution in [1.82, 2.24) is 20.1 Å². The van der Waals surface area contributed by atoms with E-state index in [2.05, 4.69) is 15.2 Å². The smallest absolute Gasteiger partial charge is 0.326 e. The highest BCUT2D eigenvalue weighted by atomic mass is 16.4. The summed E-state index contributed by atoms with van der Waals surface area (Å²) in [4.78, 5) is 28.8. The van der Waals surface area contributed by atoms with E-state index in [1.807, 2.05) is 0 Å². The van der Waals surface area contributed by atoms with Gasteiger partial charge in [-0.2, -0.15) is 5.10 Å². The first-order valence-corrected chi connectivity index (χ1v) is 6.07. The summed E-state index contributed by atoms with van der Waals surface area (Å²) >= 11 is 0. The van der Waals surface area contributed by atoms with Gasteiger partial charge in [0, 0.05) is 6.54 Å². The number of likely N-dealkylation sites (tertiary alicyclic amines) is 1. The molecule has 0 bridgehead atoms. The van der Waals surface area contributed by atoms with Gasteiger partial charge in [0.1, 0.15) is 12.4 Å². The van der Waals surface area contributed by atoms with Crippen LogP contribution in [0.4, 0.5) is 0 Å². The Bertz CT molecular complexity index is 473. The number of nitrogens with zero attached hydrogens (tertiary/aromatic N) is 3. The van der Waals surface area contributed by atoms with E-state index in [9.17, 15) is 14.7 Å². The molecule has 3 atom stereocenters. The number of H-pyrrole nitrogens is 1. The van der Waals surface area contributed by atoms with Crippen molar-refractivity contribution in [1.29, 1.82) is 0 Å². The number of nitrogens with one attached hydrogen (secondary N) is 1. The lowest BCUT2D eigenvalue weighted by Crippen LogP contribution is -2.43. The number of aliphatic carboxylic acids is 1. The van der Waals surface area contributed by atoms with E-state index in [4.69, 9.17) is 0 Å². The van der Waals surface area contributed by atoms with Crippen molar-refractivity contribution in [2.75, 3.05) is 6.54 Å². The second-order valence-electron chi connectivity index (χ2n) is 4.93. The third kappa shape index (κ3) is 1.58. The normalized spacial score (nSPS) is 30.4. The van der Waals surface area contributed by atoms with E-state index >= 15 is 0 Å². The SMILES string of the molecule is O=C(O)C1C2CCCC2CN1C(=O)c1ncn[nH]1. The van der Waals surface area contributed by atoms with Crippen molar-refractivity contribution >= 4 is 11.9 Å². The molecule has 1 amide bonds. The Morgan fingerprint density at radius 2 is 2.28 bits per heavy atom. The largest absolute Gasteiger partial charge is 0.480 e. The molecular weight excluding hydrogens is 236 g/mol. The molecule has 7 heteroatoms. The minimum Gasteiger partial charge on any atom is -0.480 e. The standard InChI is InChI=1S/C11H14N4O3/c16-10(9-12-5-13-14-9)15-4-6-2-1-3-7(6)8(15)11(17)18/h5-8H,1-4H2,(H,17,18)(H,12,13,14). The Labute approximate surface area is 103 Å². The minimum absolute atomic E-state index is 0.0920. The number of aromatic nitrogens is 3. The van der Waals surface area contributed by atoms with Crippen molar-refractivity contribution in [2.24, 2.45) is 11.8 Å². The third-order valence-corrected chi connectivity index (χ3v) is 4.02. The molecule has 1 saturated heterocycles. The van der Waals surface area contributed by atoms with Gasteiger partial charge in [0.25, 0.3) is 5.91 Å². The zero-order valence-electron chi connectivity index (χ0n) is 9.74. The number of hydrogen-bond acceptors (Lipinski definition) is 4. The zero-order chi connectivity index (χ0) is 12.7. The summed E-state index contributed by atoms with van der Waals surface area (Å²) in [7, 11) is 0. The van der Waals surface area contributed by atoms with Crippen LogP contribution in [0, 0.1) is 11.8 Å². The second kappa shape index (κ2) is 4.08. The molecule has 2 fully saturated rings. The van der Waals surface area contributed by atoms with Crippen molar-refractivity contribution in [2.45, 2.75) is 25.3 Å². The van der Waals surface area contributed by atoms with Gasteiger partial charge in [-0.1, -0.05) is 6.42 Å². The van der Waals surface area contributed by atoms with Gasteiger partial charge in [0.05, 0.1) is 0 Å². The maximum atomic E-state index is 12.2. The van der Waals surface area contributed by atoms with Crippen molar-refractivity contribution < 1.29 is 14.7 Å². The molecule has 0 radical (unpaired) electrons. The molecule has 0 spiro atoms. The number of rotatable bonds is 2. The van der Waals surface area contributed by atoms with Crippen LogP contribution in [0.5, 0.6) is 0 Å². The van der Waals surface area contributed by atoms with E-state index in [0.717, 1.165) is 19.3 Å². The summed E-state index contributed by atoms with van der Waals surface area (Å²) in [6.45, 7) is 0.515. The van der Waals surface area contributed by atoms with Crippen molar-refractivity contribution in [3.63, 3.8) is 0 Å². The third-order valence-electron chi connectivity index (χ3n) is 4.02. The molecule has 1 aliphatic carbocycles. The van der Waals surface area contributed by atoms with E-state index in [1.165, 1.54) is 11.2 Å². The van der Waals surface area contributed by atoms with Gasteiger partial charge in [0.2, 0.25) is 5.82 Å². The molecule has 1 aromatic heterocycles. The molecule has 18 heavy (non-hydrogen) atoms. The van der Waals surface area contributed by atoms with Crippen LogP contribution in [0.3, 0.4) is 0 Å². The number of carbonyl (C=O) groups excluding carboxylic acids is 1. The van der Waals surface area contributed by atoms with Crippen molar-refractivity contribution in [3.8, 4) is 0 Å². The van der Waals surface area contributed by atoms with E-state index in [0.29, 0.717) is 12.5 Å². The molecule has 96 valence electrons. The minimum atomic E-state index is -0.919. The molecule has 3 rings (SSSR count). The Morgan fingerprint density at radius 1 is 1.44 bits per heavy atom. The number of carboxylic acids is 1. The number of amides is 1. The number of aromatic amines is 1. The molecule has 2 heterocycles. The molecule has 1 aliphatic heterocycles. The highest BCUT2D eigenvalue weighted by Crippen LogP contribution is 2.42. The van der Waals surface area contributed by atoms with Gasteiger partial charge in [-0.15, -0.1) is 0 Å². The lowest BCUT2D eigenvalue weighted by molar-refractivity contribution is -0.142. The van der Waals surface area contributed by atoms with Crippen LogP contribution in [-0.2, 0) is 4.79 Å². The number of fused-ring (bicyclic) bond motifs is 1. The fourth-order valence-corrected chi connectivity index (χ4v) is 3.28.